The van der Waals surface area contributed by atoms with E-state index >= 15 is 0 Å². The highest BCUT2D eigenvalue weighted by atomic mass is 127. The Hall–Kier alpha value is -1.11. The van der Waals surface area contributed by atoms with Crippen LogP contribution >= 0.6 is 34.2 Å². The molecule has 120 valence electrons. The molecule has 0 aromatic heterocycles. The summed E-state index contributed by atoms with van der Waals surface area (Å²) in [5.74, 6) is 0.102. The summed E-state index contributed by atoms with van der Waals surface area (Å²) < 4.78 is 0.909. The fourth-order valence-electron chi connectivity index (χ4n) is 2.78. The number of nitrogens with zero attached hydrogens (tertiary/aromatic N) is 2. The van der Waals surface area contributed by atoms with Crippen molar-refractivity contribution in [1.29, 1.82) is 0 Å². The Morgan fingerprint density at radius 2 is 1.74 bits per heavy atom. The molecule has 0 atom stereocenters. The zero-order valence-electron chi connectivity index (χ0n) is 12.7. The molecule has 1 saturated heterocycles. The van der Waals surface area contributed by atoms with Crippen molar-refractivity contribution in [3.05, 3.63) is 68.3 Å². The van der Waals surface area contributed by atoms with Gasteiger partial charge in [-0.2, -0.15) is 0 Å². The van der Waals surface area contributed by atoms with E-state index in [1.807, 2.05) is 23.1 Å². The van der Waals surface area contributed by atoms with Gasteiger partial charge in [-0.25, -0.2) is 0 Å². The van der Waals surface area contributed by atoms with Crippen LogP contribution < -0.4 is 0 Å². The van der Waals surface area contributed by atoms with Gasteiger partial charge in [-0.1, -0.05) is 41.9 Å². The van der Waals surface area contributed by atoms with Crippen LogP contribution in [0.1, 0.15) is 15.9 Å². The molecule has 0 saturated carbocycles. The molecule has 1 aliphatic rings. The zero-order valence-corrected chi connectivity index (χ0v) is 15.6. The van der Waals surface area contributed by atoms with Crippen LogP contribution in [0.25, 0.3) is 0 Å². The highest BCUT2D eigenvalue weighted by molar-refractivity contribution is 14.1. The van der Waals surface area contributed by atoms with Crippen molar-refractivity contribution in [2.45, 2.75) is 6.54 Å². The first-order valence-electron chi connectivity index (χ1n) is 7.64. The summed E-state index contributed by atoms with van der Waals surface area (Å²) >= 11 is 8.14. The molecule has 1 fully saturated rings. The number of carbonyl (C=O) groups is 1. The van der Waals surface area contributed by atoms with Gasteiger partial charge < -0.3 is 4.90 Å². The van der Waals surface area contributed by atoms with E-state index < -0.39 is 0 Å². The first-order chi connectivity index (χ1) is 11.1. The van der Waals surface area contributed by atoms with Crippen LogP contribution in [0.3, 0.4) is 0 Å². The minimum Gasteiger partial charge on any atom is -0.336 e. The molecular weight excluding hydrogens is 423 g/mol. The highest BCUT2D eigenvalue weighted by Gasteiger charge is 2.23. The lowest BCUT2D eigenvalue weighted by Gasteiger charge is -2.35. The van der Waals surface area contributed by atoms with Crippen molar-refractivity contribution in [1.82, 2.24) is 9.80 Å². The molecule has 5 heteroatoms. The molecule has 0 bridgehead atoms. The van der Waals surface area contributed by atoms with E-state index in [0.717, 1.165) is 41.9 Å². The second-order valence-corrected chi connectivity index (χ2v) is 7.28. The van der Waals surface area contributed by atoms with E-state index in [2.05, 4.69) is 51.8 Å². The average Bonchev–Trinajstić information content (AvgIpc) is 2.56. The van der Waals surface area contributed by atoms with Gasteiger partial charge in [0.1, 0.15) is 0 Å². The molecule has 0 spiro atoms. The third kappa shape index (κ3) is 4.25. The SMILES string of the molecule is O=C(c1ccc(Cl)cc1I)N1CCN(Cc2ccccc2)CC1. The maximum absolute atomic E-state index is 12.7. The molecule has 0 unspecified atom stereocenters. The Balaban J connectivity index is 1.59. The molecule has 2 aromatic rings. The van der Waals surface area contributed by atoms with Gasteiger partial charge in [0.05, 0.1) is 5.56 Å². The summed E-state index contributed by atoms with van der Waals surface area (Å²) in [5, 5.41) is 0.665. The number of carbonyl (C=O) groups excluding carboxylic acids is 1. The van der Waals surface area contributed by atoms with E-state index in [1.165, 1.54) is 5.56 Å². The highest BCUT2D eigenvalue weighted by Crippen LogP contribution is 2.20. The van der Waals surface area contributed by atoms with E-state index in [9.17, 15) is 4.79 Å². The Labute approximate surface area is 155 Å². The molecule has 1 aliphatic heterocycles. The average molecular weight is 441 g/mol. The van der Waals surface area contributed by atoms with Crippen molar-refractivity contribution >= 4 is 40.1 Å². The summed E-state index contributed by atoms with van der Waals surface area (Å²) in [6.07, 6.45) is 0. The third-order valence-corrected chi connectivity index (χ3v) is 5.20. The predicted molar refractivity (Wildman–Crippen MR) is 102 cm³/mol. The topological polar surface area (TPSA) is 23.6 Å². The van der Waals surface area contributed by atoms with Crippen LogP contribution in [0.5, 0.6) is 0 Å². The molecule has 1 amide bonds. The van der Waals surface area contributed by atoms with Gasteiger partial charge in [-0.3, -0.25) is 9.69 Å². The predicted octanol–water partition coefficient (Wildman–Crippen LogP) is 3.90. The minimum atomic E-state index is 0.102. The molecule has 0 aliphatic carbocycles. The largest absolute Gasteiger partial charge is 0.336 e. The number of rotatable bonds is 3. The summed E-state index contributed by atoms with van der Waals surface area (Å²) in [6.45, 7) is 4.30. The second-order valence-electron chi connectivity index (χ2n) is 5.68. The van der Waals surface area contributed by atoms with Gasteiger partial charge in [-0.05, 0) is 46.4 Å². The smallest absolute Gasteiger partial charge is 0.255 e. The molecule has 23 heavy (non-hydrogen) atoms. The minimum absolute atomic E-state index is 0.102. The number of halogens is 2. The summed E-state index contributed by atoms with van der Waals surface area (Å²) in [5.41, 5.74) is 2.06. The second kappa shape index (κ2) is 7.64. The summed E-state index contributed by atoms with van der Waals surface area (Å²) in [6, 6.07) is 15.9. The number of hydrogen-bond donors (Lipinski definition) is 0. The summed E-state index contributed by atoms with van der Waals surface area (Å²) in [4.78, 5) is 17.0. The van der Waals surface area contributed by atoms with Crippen LogP contribution in [0.15, 0.2) is 48.5 Å². The van der Waals surface area contributed by atoms with Crippen LogP contribution in [0, 0.1) is 3.57 Å². The fraction of sp³-hybridized carbons (Fsp3) is 0.278. The van der Waals surface area contributed by atoms with Crippen molar-refractivity contribution in [3.8, 4) is 0 Å². The van der Waals surface area contributed by atoms with Crippen LogP contribution in [0.4, 0.5) is 0 Å². The van der Waals surface area contributed by atoms with Gasteiger partial charge in [0.25, 0.3) is 5.91 Å². The van der Waals surface area contributed by atoms with Crippen molar-refractivity contribution in [2.24, 2.45) is 0 Å². The van der Waals surface area contributed by atoms with E-state index in [1.54, 1.807) is 6.07 Å². The quantitative estimate of drug-likeness (QED) is 0.676. The monoisotopic (exact) mass is 440 g/mol. The Bertz CT molecular complexity index is 685. The van der Waals surface area contributed by atoms with E-state index in [-0.39, 0.29) is 5.91 Å². The van der Waals surface area contributed by atoms with Crippen LogP contribution in [-0.4, -0.2) is 41.9 Å². The van der Waals surface area contributed by atoms with Gasteiger partial charge in [0.2, 0.25) is 0 Å². The van der Waals surface area contributed by atoms with Gasteiger partial charge >= 0.3 is 0 Å². The van der Waals surface area contributed by atoms with Crippen molar-refractivity contribution < 1.29 is 4.79 Å². The molecule has 3 rings (SSSR count). The summed E-state index contributed by atoms with van der Waals surface area (Å²) in [7, 11) is 0. The van der Waals surface area contributed by atoms with Gasteiger partial charge in [0.15, 0.2) is 0 Å². The van der Waals surface area contributed by atoms with Crippen LogP contribution in [0.2, 0.25) is 5.02 Å². The first-order valence-corrected chi connectivity index (χ1v) is 9.10. The lowest BCUT2D eigenvalue weighted by atomic mass is 10.1. The van der Waals surface area contributed by atoms with Crippen LogP contribution in [-0.2, 0) is 6.54 Å². The molecule has 0 N–H and O–H groups in total. The molecule has 2 aromatic carbocycles. The standard InChI is InChI=1S/C18H18ClIN2O/c19-15-6-7-16(17(20)12-15)18(23)22-10-8-21(9-11-22)13-14-4-2-1-3-5-14/h1-7,12H,8-11,13H2. The number of hydrogen-bond acceptors (Lipinski definition) is 2. The fourth-order valence-corrected chi connectivity index (χ4v) is 3.89. The molecule has 1 heterocycles. The van der Waals surface area contributed by atoms with E-state index in [0.29, 0.717) is 5.02 Å². The normalized spacial score (nSPS) is 15.7. The third-order valence-electron chi connectivity index (χ3n) is 4.07. The van der Waals surface area contributed by atoms with Crippen molar-refractivity contribution in [2.75, 3.05) is 26.2 Å². The molecule has 0 radical (unpaired) electrons. The number of piperazine rings is 1. The Kier molecular flexibility index (Phi) is 5.56. The maximum Gasteiger partial charge on any atom is 0.255 e. The molecule has 3 nitrogen and oxygen atoms in total. The lowest BCUT2D eigenvalue weighted by molar-refractivity contribution is 0.0627. The number of amides is 1. The molecular formula is C18H18ClIN2O. The Morgan fingerprint density at radius 1 is 1.04 bits per heavy atom. The maximum atomic E-state index is 12.7. The van der Waals surface area contributed by atoms with E-state index in [4.69, 9.17) is 11.6 Å². The Morgan fingerprint density at radius 3 is 2.39 bits per heavy atom. The lowest BCUT2D eigenvalue weighted by Crippen LogP contribution is -2.48. The van der Waals surface area contributed by atoms with Gasteiger partial charge in [0, 0.05) is 41.3 Å². The number of benzene rings is 2. The van der Waals surface area contributed by atoms with Gasteiger partial charge in [-0.15, -0.1) is 0 Å². The van der Waals surface area contributed by atoms with Crippen molar-refractivity contribution in [3.63, 3.8) is 0 Å². The zero-order chi connectivity index (χ0) is 16.2. The first kappa shape index (κ1) is 16.7.